The molecule has 1 aliphatic heterocycles. The van der Waals surface area contributed by atoms with Crippen molar-refractivity contribution in [2.75, 3.05) is 20.1 Å². The standard InChI is InChI=1S/C18H28N2O/c1-17(2,15-8-6-5-7-9-15)14-16(21)19-18(3)10-12-20(4)13-11-18/h5-9H,10-14H2,1-4H3,(H,19,21). The Kier molecular flexibility index (Phi) is 4.72. The molecule has 0 bridgehead atoms. The van der Waals surface area contributed by atoms with E-state index >= 15 is 0 Å². The van der Waals surface area contributed by atoms with Gasteiger partial charge < -0.3 is 10.2 Å². The number of benzene rings is 1. The molecule has 1 aliphatic rings. The van der Waals surface area contributed by atoms with Crippen molar-refractivity contribution >= 4 is 5.91 Å². The first-order chi connectivity index (χ1) is 9.81. The van der Waals surface area contributed by atoms with Gasteiger partial charge in [-0.25, -0.2) is 0 Å². The van der Waals surface area contributed by atoms with Crippen molar-refractivity contribution < 1.29 is 4.79 Å². The van der Waals surface area contributed by atoms with Gasteiger partial charge in [0.2, 0.25) is 5.91 Å². The van der Waals surface area contributed by atoms with Crippen LogP contribution in [0.25, 0.3) is 0 Å². The number of hydrogen-bond donors (Lipinski definition) is 1. The van der Waals surface area contributed by atoms with Gasteiger partial charge in [-0.15, -0.1) is 0 Å². The second-order valence-electron chi connectivity index (χ2n) is 7.34. The maximum atomic E-state index is 12.5. The van der Waals surface area contributed by atoms with Crippen molar-refractivity contribution in [2.45, 2.75) is 51.0 Å². The molecule has 0 aliphatic carbocycles. The van der Waals surface area contributed by atoms with Gasteiger partial charge in [0.1, 0.15) is 0 Å². The van der Waals surface area contributed by atoms with Crippen LogP contribution in [0.5, 0.6) is 0 Å². The smallest absolute Gasteiger partial charge is 0.221 e. The van der Waals surface area contributed by atoms with Crippen LogP contribution in [0.2, 0.25) is 0 Å². The van der Waals surface area contributed by atoms with E-state index in [1.807, 2.05) is 18.2 Å². The SMILES string of the molecule is CN1CCC(C)(NC(=O)CC(C)(C)c2ccccc2)CC1. The van der Waals surface area contributed by atoms with Crippen molar-refractivity contribution in [2.24, 2.45) is 0 Å². The highest BCUT2D eigenvalue weighted by Crippen LogP contribution is 2.28. The summed E-state index contributed by atoms with van der Waals surface area (Å²) in [5.41, 5.74) is 1.04. The third-order valence-electron chi connectivity index (χ3n) is 4.69. The van der Waals surface area contributed by atoms with E-state index in [4.69, 9.17) is 0 Å². The Labute approximate surface area is 128 Å². The van der Waals surface area contributed by atoms with Gasteiger partial charge in [0, 0.05) is 25.0 Å². The van der Waals surface area contributed by atoms with Gasteiger partial charge in [-0.05, 0) is 37.8 Å². The summed E-state index contributed by atoms with van der Waals surface area (Å²) in [6, 6.07) is 10.3. The number of rotatable bonds is 4. The summed E-state index contributed by atoms with van der Waals surface area (Å²) < 4.78 is 0. The summed E-state index contributed by atoms with van der Waals surface area (Å²) in [5, 5.41) is 3.28. The maximum absolute atomic E-state index is 12.5. The number of carbonyl (C=O) groups excluding carboxylic acids is 1. The van der Waals surface area contributed by atoms with Gasteiger partial charge in [-0.1, -0.05) is 44.2 Å². The van der Waals surface area contributed by atoms with Gasteiger partial charge in [0.05, 0.1) is 0 Å². The largest absolute Gasteiger partial charge is 0.351 e. The lowest BCUT2D eigenvalue weighted by Gasteiger charge is -2.39. The zero-order valence-corrected chi connectivity index (χ0v) is 13.8. The van der Waals surface area contributed by atoms with Crippen LogP contribution in [-0.4, -0.2) is 36.5 Å². The molecule has 0 unspecified atom stereocenters. The van der Waals surface area contributed by atoms with Gasteiger partial charge in [-0.3, -0.25) is 4.79 Å². The van der Waals surface area contributed by atoms with E-state index in [1.54, 1.807) is 0 Å². The minimum absolute atomic E-state index is 0.0453. The quantitative estimate of drug-likeness (QED) is 0.924. The fraction of sp³-hybridized carbons (Fsp3) is 0.611. The van der Waals surface area contributed by atoms with Crippen LogP contribution < -0.4 is 5.32 Å². The molecule has 1 N–H and O–H groups in total. The van der Waals surface area contributed by atoms with E-state index < -0.39 is 0 Å². The van der Waals surface area contributed by atoms with E-state index in [0.717, 1.165) is 25.9 Å². The Hall–Kier alpha value is -1.35. The summed E-state index contributed by atoms with van der Waals surface area (Å²) in [5.74, 6) is 0.163. The fourth-order valence-corrected chi connectivity index (χ4v) is 3.01. The number of piperidine rings is 1. The Morgan fingerprint density at radius 2 is 1.81 bits per heavy atom. The summed E-state index contributed by atoms with van der Waals surface area (Å²) in [6.45, 7) is 8.56. The average Bonchev–Trinajstić information content (AvgIpc) is 2.42. The number of hydrogen-bond acceptors (Lipinski definition) is 2. The molecule has 1 amide bonds. The normalized spacial score (nSPS) is 19.2. The van der Waals surface area contributed by atoms with E-state index in [2.05, 4.69) is 50.2 Å². The molecule has 0 aromatic heterocycles. The molecule has 0 saturated carbocycles. The lowest BCUT2D eigenvalue weighted by atomic mass is 9.80. The van der Waals surface area contributed by atoms with Gasteiger partial charge >= 0.3 is 0 Å². The van der Waals surface area contributed by atoms with Gasteiger partial charge in [0.15, 0.2) is 0 Å². The van der Waals surface area contributed by atoms with Crippen molar-refractivity contribution in [3.05, 3.63) is 35.9 Å². The topological polar surface area (TPSA) is 32.3 Å². The lowest BCUT2D eigenvalue weighted by molar-refractivity contribution is -0.124. The van der Waals surface area contributed by atoms with Gasteiger partial charge in [0.25, 0.3) is 0 Å². The second-order valence-corrected chi connectivity index (χ2v) is 7.34. The number of carbonyl (C=O) groups is 1. The molecule has 21 heavy (non-hydrogen) atoms. The van der Waals surface area contributed by atoms with Crippen molar-refractivity contribution in [3.63, 3.8) is 0 Å². The number of amides is 1. The number of nitrogens with zero attached hydrogens (tertiary/aromatic N) is 1. The van der Waals surface area contributed by atoms with Crippen LogP contribution in [0.1, 0.15) is 45.6 Å². The van der Waals surface area contributed by atoms with Crippen LogP contribution in [-0.2, 0) is 10.2 Å². The van der Waals surface area contributed by atoms with Crippen LogP contribution in [0.3, 0.4) is 0 Å². The van der Waals surface area contributed by atoms with Crippen LogP contribution in [0, 0.1) is 0 Å². The molecule has 116 valence electrons. The van der Waals surface area contributed by atoms with E-state index in [1.165, 1.54) is 5.56 Å². The molecule has 0 spiro atoms. The van der Waals surface area contributed by atoms with E-state index in [-0.39, 0.29) is 16.9 Å². The van der Waals surface area contributed by atoms with Crippen molar-refractivity contribution in [1.29, 1.82) is 0 Å². The van der Waals surface area contributed by atoms with Crippen molar-refractivity contribution in [1.82, 2.24) is 10.2 Å². The molecule has 1 fully saturated rings. The first-order valence-electron chi connectivity index (χ1n) is 7.86. The molecule has 1 aromatic carbocycles. The maximum Gasteiger partial charge on any atom is 0.221 e. The van der Waals surface area contributed by atoms with E-state index in [0.29, 0.717) is 6.42 Å². The highest BCUT2D eigenvalue weighted by molar-refractivity contribution is 5.78. The van der Waals surface area contributed by atoms with Gasteiger partial charge in [-0.2, -0.15) is 0 Å². The third-order valence-corrected chi connectivity index (χ3v) is 4.69. The first kappa shape index (κ1) is 16.0. The van der Waals surface area contributed by atoms with Crippen molar-refractivity contribution in [3.8, 4) is 0 Å². The Morgan fingerprint density at radius 3 is 2.38 bits per heavy atom. The van der Waals surface area contributed by atoms with Crippen LogP contribution in [0.15, 0.2) is 30.3 Å². The summed E-state index contributed by atoms with van der Waals surface area (Å²) in [7, 11) is 2.14. The number of nitrogens with one attached hydrogen (secondary N) is 1. The third kappa shape index (κ3) is 4.31. The monoisotopic (exact) mass is 288 g/mol. The highest BCUT2D eigenvalue weighted by Gasteiger charge is 2.32. The fourth-order valence-electron chi connectivity index (χ4n) is 3.01. The van der Waals surface area contributed by atoms with E-state index in [9.17, 15) is 4.79 Å². The van der Waals surface area contributed by atoms with Crippen LogP contribution >= 0.6 is 0 Å². The predicted octanol–water partition coefficient (Wildman–Crippen LogP) is 2.95. The predicted molar refractivity (Wildman–Crippen MR) is 87.4 cm³/mol. The first-order valence-corrected chi connectivity index (χ1v) is 7.86. The summed E-state index contributed by atoms with van der Waals surface area (Å²) >= 11 is 0. The molecular formula is C18H28N2O. The zero-order chi connectivity index (χ0) is 15.5. The summed E-state index contributed by atoms with van der Waals surface area (Å²) in [4.78, 5) is 14.8. The Bertz CT molecular complexity index is 473. The Balaban J connectivity index is 1.95. The zero-order valence-electron chi connectivity index (χ0n) is 13.8. The minimum Gasteiger partial charge on any atom is -0.351 e. The molecule has 1 heterocycles. The molecule has 0 atom stereocenters. The highest BCUT2D eigenvalue weighted by atomic mass is 16.1. The molecule has 3 heteroatoms. The Morgan fingerprint density at radius 1 is 1.24 bits per heavy atom. The molecule has 3 nitrogen and oxygen atoms in total. The number of likely N-dealkylation sites (tertiary alicyclic amines) is 1. The molecular weight excluding hydrogens is 260 g/mol. The molecule has 1 saturated heterocycles. The molecule has 1 aromatic rings. The summed E-state index contributed by atoms with van der Waals surface area (Å²) in [6.07, 6.45) is 2.59. The molecule has 0 radical (unpaired) electrons. The minimum atomic E-state index is -0.132. The lowest BCUT2D eigenvalue weighted by Crippen LogP contribution is -2.53. The molecule has 2 rings (SSSR count). The van der Waals surface area contributed by atoms with Crippen LogP contribution in [0.4, 0.5) is 0 Å². The average molecular weight is 288 g/mol. The second kappa shape index (κ2) is 6.18.